The number of esters is 10. The number of hydrogen-bond acceptors (Lipinski definition) is 24. The van der Waals surface area contributed by atoms with Crippen molar-refractivity contribution in [3.63, 3.8) is 0 Å². The Morgan fingerprint density at radius 2 is 0.744 bits per heavy atom. The summed E-state index contributed by atoms with van der Waals surface area (Å²) in [4.78, 5) is 149. The molecule has 0 fully saturated rings. The summed E-state index contributed by atoms with van der Waals surface area (Å²) in [6.45, 7) is 31.2. The molecule has 456 valence electrons. The van der Waals surface area contributed by atoms with Crippen LogP contribution in [0.25, 0.3) is 0 Å². The van der Waals surface area contributed by atoms with E-state index in [0.29, 0.717) is 44.9 Å². The second-order valence-corrected chi connectivity index (χ2v) is 17.9. The highest BCUT2D eigenvalue weighted by Gasteiger charge is 2.50. The predicted molar refractivity (Wildman–Crippen MR) is 290 cm³/mol. The van der Waals surface area contributed by atoms with E-state index in [-0.39, 0.29) is 47.4 Å². The van der Waals surface area contributed by atoms with Crippen molar-refractivity contribution in [2.45, 2.75) is 96.7 Å². The van der Waals surface area contributed by atoms with Gasteiger partial charge >= 0.3 is 71.9 Å². The summed E-state index contributed by atoms with van der Waals surface area (Å²) < 4.78 is 58.5. The summed E-state index contributed by atoms with van der Waals surface area (Å²) in [5, 5.41) is 4.90. The van der Waals surface area contributed by atoms with Gasteiger partial charge in [0.05, 0.1) is 76.3 Å². The van der Waals surface area contributed by atoms with Crippen LogP contribution in [0.3, 0.4) is 0 Å². The highest BCUT2D eigenvalue weighted by atomic mass is 16.6. The van der Waals surface area contributed by atoms with Gasteiger partial charge in [-0.3, -0.25) is 14.4 Å². The van der Waals surface area contributed by atoms with Crippen molar-refractivity contribution >= 4 is 71.9 Å². The average molecular weight is 1160 g/mol. The zero-order chi connectivity index (χ0) is 63.1. The Balaban J connectivity index is 0. The van der Waals surface area contributed by atoms with E-state index in [1.807, 2.05) is 13.8 Å². The molecule has 2 amide bonds. The number of alkyl carbamates (subject to hydrolysis) is 2. The minimum absolute atomic E-state index is 0.0583. The fourth-order valence-corrected chi connectivity index (χ4v) is 6.04. The first kappa shape index (κ1) is 75.2. The molecule has 26 nitrogen and oxygen atoms in total. The molecule has 0 aliphatic rings. The molecule has 2 unspecified atom stereocenters. The van der Waals surface area contributed by atoms with Crippen molar-refractivity contribution in [2.75, 3.05) is 81.7 Å². The molecule has 0 aliphatic heterocycles. The SMILES string of the molecule is C=C(C)CCCCC(C(=O)OCC(=C)C(=O)OC)C(OC(=O)NCCCC(=C)C)C(=O)OCC(=C)C(=O)OC.C=C(C)CCCNC(=O)OC(CC(=O)OCC(=C)C(=O)OC)(CC(=O)OCC(=C)C(=O)OC)C(=O)OCC(=C)C(=O)OC. The van der Waals surface area contributed by atoms with Crippen molar-refractivity contribution in [3.8, 4) is 0 Å². The van der Waals surface area contributed by atoms with E-state index in [1.165, 1.54) is 0 Å². The van der Waals surface area contributed by atoms with Crippen molar-refractivity contribution < 1.29 is 114 Å². The summed E-state index contributed by atoms with van der Waals surface area (Å²) in [5.41, 5.74) is -1.18. The number of carbonyl (C=O) groups is 12. The Labute approximate surface area is 477 Å². The Bertz CT molecular complexity index is 2350. The zero-order valence-electron chi connectivity index (χ0n) is 48.1. The van der Waals surface area contributed by atoms with Crippen LogP contribution in [0.15, 0.2) is 97.2 Å². The lowest BCUT2D eigenvalue weighted by molar-refractivity contribution is -0.177. The Hall–Kier alpha value is -8.84. The van der Waals surface area contributed by atoms with Crippen LogP contribution in [0.5, 0.6) is 0 Å². The molecule has 0 heterocycles. The number of amides is 2. The van der Waals surface area contributed by atoms with Crippen molar-refractivity contribution in [1.82, 2.24) is 10.6 Å². The summed E-state index contributed by atoms with van der Waals surface area (Å²) in [6.07, 6.45) is -2.07. The number of methoxy groups -OCH3 is 5. The number of ether oxygens (including phenoxy) is 12. The maximum Gasteiger partial charge on any atom is 0.408 e. The Morgan fingerprint density at radius 3 is 1.11 bits per heavy atom. The van der Waals surface area contributed by atoms with Gasteiger partial charge in [0.15, 0.2) is 0 Å². The van der Waals surface area contributed by atoms with Crippen LogP contribution in [0.4, 0.5) is 9.59 Å². The Morgan fingerprint density at radius 1 is 0.415 bits per heavy atom. The number of unbranched alkanes of at least 4 members (excludes halogenated alkanes) is 1. The minimum atomic E-state index is -2.73. The molecule has 0 spiro atoms. The summed E-state index contributed by atoms with van der Waals surface area (Å²) in [5.74, 6) is -11.5. The van der Waals surface area contributed by atoms with Crippen LogP contribution in [-0.2, 0) is 105 Å². The fourth-order valence-electron chi connectivity index (χ4n) is 6.04. The molecule has 0 aromatic carbocycles. The molecule has 26 heteroatoms. The largest absolute Gasteiger partial charge is 0.466 e. The molecule has 2 N–H and O–H groups in total. The van der Waals surface area contributed by atoms with Crippen molar-refractivity contribution in [2.24, 2.45) is 5.92 Å². The second kappa shape index (κ2) is 41.2. The third-order valence-electron chi connectivity index (χ3n) is 10.5. The first-order valence-electron chi connectivity index (χ1n) is 24.9. The third-order valence-corrected chi connectivity index (χ3v) is 10.5. The smallest absolute Gasteiger partial charge is 0.408 e. The van der Waals surface area contributed by atoms with Gasteiger partial charge in [-0.25, -0.2) is 43.2 Å². The summed E-state index contributed by atoms with van der Waals surface area (Å²) >= 11 is 0. The number of carbonyl (C=O) groups excluding carboxylic acids is 12. The minimum Gasteiger partial charge on any atom is -0.466 e. The maximum atomic E-state index is 13.4. The molecular weight excluding hydrogens is 1080 g/mol. The van der Waals surface area contributed by atoms with Gasteiger partial charge in [-0.15, -0.1) is 19.7 Å². The van der Waals surface area contributed by atoms with Gasteiger partial charge in [-0.2, -0.15) is 0 Å². The molecule has 0 aromatic heterocycles. The van der Waals surface area contributed by atoms with Crippen LogP contribution < -0.4 is 10.6 Å². The lowest BCUT2D eigenvalue weighted by atomic mass is 9.94. The highest BCUT2D eigenvalue weighted by Crippen LogP contribution is 2.27. The predicted octanol–water partition coefficient (Wildman–Crippen LogP) is 5.14. The molecule has 0 bridgehead atoms. The first-order valence-corrected chi connectivity index (χ1v) is 24.9. The lowest BCUT2D eigenvalue weighted by Crippen LogP contribution is -2.50. The van der Waals surface area contributed by atoms with Crippen LogP contribution in [-0.4, -0.2) is 165 Å². The average Bonchev–Trinajstić information content (AvgIpc) is 3.49. The van der Waals surface area contributed by atoms with Crippen molar-refractivity contribution in [1.29, 1.82) is 0 Å². The van der Waals surface area contributed by atoms with E-state index in [1.54, 1.807) is 6.92 Å². The van der Waals surface area contributed by atoms with Gasteiger partial charge in [-0.05, 0) is 65.7 Å². The number of nitrogens with one attached hydrogen (secondary N) is 2. The standard InChI is InChI=1S/C28H37NO14.C28H41NO10/c1-17(2)10-9-11-29-27(36)43-28(26(35)42-16-20(5)25(34)39-8,12-21(30)40-14-18(3)23(32)37-6)13-22(31)41-15-19(4)24(33)38-7;1-18(2)12-9-10-14-22(26(32)37-16-20(5)24(30)35-7)23(27(33)38-17-21(6)25(31)36-8)39-28(34)29-15-11-13-19(3)4/h1,3-5,9-16H2,2,6-8H3,(H,29,36);22-23H,1,3,5-6,9-17H2,2,4,7-8H3,(H,29,34). The maximum absolute atomic E-state index is 13.4. The summed E-state index contributed by atoms with van der Waals surface area (Å²) in [7, 11) is 5.48. The van der Waals surface area contributed by atoms with Crippen LogP contribution in [0.1, 0.15) is 85.0 Å². The second-order valence-electron chi connectivity index (χ2n) is 17.9. The van der Waals surface area contributed by atoms with E-state index in [9.17, 15) is 57.5 Å². The molecule has 0 aliphatic carbocycles. The topological polar surface area (TPSA) is 340 Å². The highest BCUT2D eigenvalue weighted by molar-refractivity contribution is 5.95. The van der Waals surface area contributed by atoms with Gasteiger partial charge in [0.1, 0.15) is 39.0 Å². The molecule has 0 saturated carbocycles. The first-order chi connectivity index (χ1) is 38.4. The van der Waals surface area contributed by atoms with E-state index < -0.39 is 135 Å². The Kier molecular flexibility index (Phi) is 37.8. The van der Waals surface area contributed by atoms with Gasteiger partial charge in [0.2, 0.25) is 11.7 Å². The van der Waals surface area contributed by atoms with Gasteiger partial charge in [-0.1, -0.05) is 56.0 Å². The van der Waals surface area contributed by atoms with Crippen LogP contribution >= 0.6 is 0 Å². The normalized spacial score (nSPS) is 10.9. The van der Waals surface area contributed by atoms with Gasteiger partial charge in [0.25, 0.3) is 0 Å². The van der Waals surface area contributed by atoms with E-state index in [4.69, 9.17) is 33.2 Å². The van der Waals surface area contributed by atoms with Crippen molar-refractivity contribution in [3.05, 3.63) is 97.2 Å². The molecular formula is C56H78N2O24. The van der Waals surface area contributed by atoms with Gasteiger partial charge in [0, 0.05) is 13.1 Å². The zero-order valence-corrected chi connectivity index (χ0v) is 48.1. The van der Waals surface area contributed by atoms with E-state index in [2.05, 4.69) is 86.9 Å². The monoisotopic (exact) mass is 1160 g/mol. The number of hydrogen-bond donors (Lipinski definition) is 2. The van der Waals surface area contributed by atoms with E-state index >= 15 is 0 Å². The quantitative estimate of drug-likeness (QED) is 0.0266. The number of allylic oxidation sites excluding steroid dienone is 3. The van der Waals surface area contributed by atoms with E-state index in [0.717, 1.165) is 52.3 Å². The molecule has 0 saturated heterocycles. The van der Waals surface area contributed by atoms with Crippen LogP contribution in [0.2, 0.25) is 0 Å². The molecule has 0 radical (unpaired) electrons. The molecule has 0 rings (SSSR count). The third kappa shape index (κ3) is 32.3. The summed E-state index contributed by atoms with van der Waals surface area (Å²) in [6, 6.07) is 0. The lowest BCUT2D eigenvalue weighted by Gasteiger charge is -2.30. The van der Waals surface area contributed by atoms with Gasteiger partial charge < -0.3 is 67.5 Å². The molecule has 82 heavy (non-hydrogen) atoms. The fraction of sp³-hybridized carbons (Fsp3) is 0.500. The molecule has 2 atom stereocenters. The molecule has 0 aromatic rings. The number of rotatable bonds is 38. The van der Waals surface area contributed by atoms with Crippen LogP contribution in [0, 0.1) is 5.92 Å².